The predicted molar refractivity (Wildman–Crippen MR) is 154 cm³/mol. The Bertz CT molecular complexity index is 1330. The largest absolute Gasteiger partial charge is 0.490 e. The smallest absolute Gasteiger partial charge is 0.271 e. The zero-order valence-corrected chi connectivity index (χ0v) is 24.0. The van der Waals surface area contributed by atoms with Crippen molar-refractivity contribution in [1.82, 2.24) is 5.43 Å². The number of halogens is 1. The number of nitrogens with zero attached hydrogens (tertiary/aromatic N) is 1. The molecule has 9 nitrogen and oxygen atoms in total. The molecular formula is C29H32BrN3O6. The Morgan fingerprint density at radius 1 is 0.872 bits per heavy atom. The maximum absolute atomic E-state index is 12.6. The summed E-state index contributed by atoms with van der Waals surface area (Å²) in [7, 11) is 0. The Balaban J connectivity index is 1.67. The van der Waals surface area contributed by atoms with Gasteiger partial charge in [-0.15, -0.1) is 0 Å². The third-order valence-electron chi connectivity index (χ3n) is 5.17. The quantitative estimate of drug-likeness (QED) is 0.192. The van der Waals surface area contributed by atoms with Crippen molar-refractivity contribution in [2.45, 2.75) is 27.7 Å². The van der Waals surface area contributed by atoms with Crippen molar-refractivity contribution in [3.8, 4) is 23.0 Å². The van der Waals surface area contributed by atoms with E-state index in [0.717, 1.165) is 5.56 Å². The Hall–Kier alpha value is -4.05. The molecule has 0 aliphatic heterocycles. The average Bonchev–Trinajstić information content (AvgIpc) is 2.89. The van der Waals surface area contributed by atoms with Crippen LogP contribution in [0.5, 0.6) is 23.0 Å². The number of hydrogen-bond donors (Lipinski definition) is 2. The summed E-state index contributed by atoms with van der Waals surface area (Å²) in [5.41, 5.74) is 5.27. The van der Waals surface area contributed by atoms with Crippen LogP contribution in [-0.4, -0.2) is 44.5 Å². The highest BCUT2D eigenvalue weighted by Gasteiger charge is 2.15. The fraction of sp³-hybridized carbons (Fsp3) is 0.276. The van der Waals surface area contributed by atoms with Crippen molar-refractivity contribution >= 4 is 39.6 Å². The molecule has 0 saturated heterocycles. The molecule has 0 spiro atoms. The lowest BCUT2D eigenvalue weighted by molar-refractivity contribution is -0.118. The lowest BCUT2D eigenvalue weighted by Gasteiger charge is -2.14. The Labute approximate surface area is 236 Å². The van der Waals surface area contributed by atoms with E-state index < -0.39 is 5.91 Å². The van der Waals surface area contributed by atoms with Gasteiger partial charge in [-0.25, -0.2) is 5.43 Å². The van der Waals surface area contributed by atoms with Crippen LogP contribution in [0.4, 0.5) is 5.69 Å². The van der Waals surface area contributed by atoms with Crippen molar-refractivity contribution in [3.05, 3.63) is 75.8 Å². The molecule has 0 bridgehead atoms. The van der Waals surface area contributed by atoms with E-state index in [2.05, 4.69) is 31.8 Å². The number of nitrogens with one attached hydrogen (secondary N) is 2. The van der Waals surface area contributed by atoms with Crippen molar-refractivity contribution in [2.75, 3.05) is 31.7 Å². The highest BCUT2D eigenvalue weighted by Crippen LogP contribution is 2.36. The summed E-state index contributed by atoms with van der Waals surface area (Å²) in [5, 5.41) is 6.89. The van der Waals surface area contributed by atoms with Crippen molar-refractivity contribution in [2.24, 2.45) is 5.10 Å². The van der Waals surface area contributed by atoms with E-state index in [1.165, 1.54) is 6.21 Å². The molecule has 0 aliphatic carbocycles. The third-order valence-corrected chi connectivity index (χ3v) is 5.76. The number of carbonyl (C=O) groups is 2. The first kappa shape index (κ1) is 29.5. The summed E-state index contributed by atoms with van der Waals surface area (Å²) in [5.74, 6) is 1.17. The zero-order valence-electron chi connectivity index (χ0n) is 22.4. The molecule has 0 fully saturated rings. The van der Waals surface area contributed by atoms with E-state index in [4.69, 9.17) is 18.9 Å². The summed E-state index contributed by atoms with van der Waals surface area (Å²) >= 11 is 3.48. The van der Waals surface area contributed by atoms with Crippen molar-refractivity contribution < 1.29 is 28.5 Å². The van der Waals surface area contributed by atoms with Crippen LogP contribution in [-0.2, 0) is 4.79 Å². The fourth-order valence-corrected chi connectivity index (χ4v) is 4.12. The van der Waals surface area contributed by atoms with Crippen LogP contribution in [0.3, 0.4) is 0 Å². The summed E-state index contributed by atoms with van der Waals surface area (Å²) in [4.78, 5) is 25.0. The van der Waals surface area contributed by atoms with Crippen molar-refractivity contribution in [1.29, 1.82) is 0 Å². The number of carbonyl (C=O) groups excluding carboxylic acids is 2. The Kier molecular flexibility index (Phi) is 11.2. The summed E-state index contributed by atoms with van der Waals surface area (Å²) in [6.07, 6.45) is 1.48. The monoisotopic (exact) mass is 597 g/mol. The van der Waals surface area contributed by atoms with Gasteiger partial charge in [-0.05, 0) is 97.2 Å². The molecule has 10 heteroatoms. The van der Waals surface area contributed by atoms with E-state index in [0.29, 0.717) is 64.1 Å². The lowest BCUT2D eigenvalue weighted by atomic mass is 10.2. The average molecular weight is 598 g/mol. The number of rotatable bonds is 13. The van der Waals surface area contributed by atoms with Gasteiger partial charge >= 0.3 is 0 Å². The molecule has 0 aliphatic rings. The van der Waals surface area contributed by atoms with Gasteiger partial charge in [0.1, 0.15) is 0 Å². The van der Waals surface area contributed by atoms with Gasteiger partial charge in [0.2, 0.25) is 0 Å². The predicted octanol–water partition coefficient (Wildman–Crippen LogP) is 5.74. The standard InChI is InChI=1S/C29H32BrN3O6/c1-5-36-24-12-11-21(16-25(24)37-6-2)29(35)33-31-17-20-14-23(30)28(26(15-20)38-7-3)39-18-27(34)32-22-10-8-9-19(4)13-22/h8-17H,5-7,18H2,1-4H3,(H,32,34)(H,33,35)/b31-17+. The number of benzene rings is 3. The number of hydrogen-bond acceptors (Lipinski definition) is 7. The van der Waals surface area contributed by atoms with E-state index in [1.54, 1.807) is 30.3 Å². The molecule has 3 aromatic carbocycles. The summed E-state index contributed by atoms with van der Waals surface area (Å²) in [6.45, 7) is 8.64. The van der Waals surface area contributed by atoms with Gasteiger partial charge in [-0.2, -0.15) is 5.10 Å². The van der Waals surface area contributed by atoms with Crippen LogP contribution in [0, 0.1) is 6.92 Å². The van der Waals surface area contributed by atoms with Gasteiger partial charge in [0.25, 0.3) is 11.8 Å². The molecule has 0 heterocycles. The Morgan fingerprint density at radius 3 is 2.31 bits per heavy atom. The number of aryl methyl sites for hydroxylation is 1. The van der Waals surface area contributed by atoms with Crippen LogP contribution in [0.15, 0.2) is 64.2 Å². The third kappa shape index (κ3) is 8.75. The highest BCUT2D eigenvalue weighted by molar-refractivity contribution is 9.10. The lowest BCUT2D eigenvalue weighted by Crippen LogP contribution is -2.20. The molecule has 0 atom stereocenters. The molecule has 0 radical (unpaired) electrons. The molecule has 0 unspecified atom stereocenters. The second kappa shape index (κ2) is 14.8. The zero-order chi connectivity index (χ0) is 28.2. The van der Waals surface area contributed by atoms with Gasteiger partial charge in [0.05, 0.1) is 30.5 Å². The maximum atomic E-state index is 12.6. The van der Waals surface area contributed by atoms with E-state index in [1.807, 2.05) is 52.0 Å². The number of hydrazone groups is 1. The van der Waals surface area contributed by atoms with E-state index >= 15 is 0 Å². The van der Waals surface area contributed by atoms with Crippen LogP contribution < -0.4 is 29.7 Å². The van der Waals surface area contributed by atoms with Crippen molar-refractivity contribution in [3.63, 3.8) is 0 Å². The maximum Gasteiger partial charge on any atom is 0.271 e. The van der Waals surface area contributed by atoms with Crippen LogP contribution in [0.1, 0.15) is 42.3 Å². The normalized spacial score (nSPS) is 10.7. The molecule has 3 rings (SSSR count). The minimum Gasteiger partial charge on any atom is -0.490 e. The first-order chi connectivity index (χ1) is 18.8. The second-order valence-electron chi connectivity index (χ2n) is 8.20. The minimum atomic E-state index is -0.404. The van der Waals surface area contributed by atoms with Crippen LogP contribution in [0.2, 0.25) is 0 Å². The fourth-order valence-electron chi connectivity index (χ4n) is 3.55. The second-order valence-corrected chi connectivity index (χ2v) is 9.05. The minimum absolute atomic E-state index is 0.206. The van der Waals surface area contributed by atoms with Gasteiger partial charge in [-0.3, -0.25) is 9.59 Å². The summed E-state index contributed by atoms with van der Waals surface area (Å²) in [6, 6.07) is 15.9. The van der Waals surface area contributed by atoms with Gasteiger partial charge in [-0.1, -0.05) is 12.1 Å². The number of ether oxygens (including phenoxy) is 4. The molecule has 2 amide bonds. The van der Waals surface area contributed by atoms with Crippen LogP contribution >= 0.6 is 15.9 Å². The molecule has 39 heavy (non-hydrogen) atoms. The molecule has 2 N–H and O–H groups in total. The van der Waals surface area contributed by atoms with Gasteiger partial charge in [0.15, 0.2) is 29.6 Å². The topological polar surface area (TPSA) is 107 Å². The summed E-state index contributed by atoms with van der Waals surface area (Å²) < 4.78 is 23.2. The molecule has 0 aromatic heterocycles. The van der Waals surface area contributed by atoms with Gasteiger partial charge < -0.3 is 24.3 Å². The molecule has 0 saturated carbocycles. The van der Waals surface area contributed by atoms with E-state index in [-0.39, 0.29) is 12.5 Å². The SMILES string of the molecule is CCOc1ccc(C(=O)N/N=C/c2cc(Br)c(OCC(=O)Nc3cccc(C)c3)c(OCC)c2)cc1OCC. The molecular weight excluding hydrogens is 566 g/mol. The van der Waals surface area contributed by atoms with Crippen LogP contribution in [0.25, 0.3) is 0 Å². The van der Waals surface area contributed by atoms with E-state index in [9.17, 15) is 9.59 Å². The molecule has 206 valence electrons. The number of amides is 2. The first-order valence-corrected chi connectivity index (χ1v) is 13.3. The molecule has 3 aromatic rings. The first-order valence-electron chi connectivity index (χ1n) is 12.5. The Morgan fingerprint density at radius 2 is 1.59 bits per heavy atom. The number of anilines is 1. The highest BCUT2D eigenvalue weighted by atomic mass is 79.9. The van der Waals surface area contributed by atoms with Gasteiger partial charge in [0, 0.05) is 11.3 Å².